The van der Waals surface area contributed by atoms with E-state index in [9.17, 15) is 0 Å². The van der Waals surface area contributed by atoms with Crippen LogP contribution in [0.3, 0.4) is 0 Å². The molecule has 6 nitrogen and oxygen atoms in total. The number of benzene rings is 1. The maximum atomic E-state index is 4.79. The van der Waals surface area contributed by atoms with Gasteiger partial charge in [-0.1, -0.05) is 24.3 Å². The lowest BCUT2D eigenvalue weighted by atomic mass is 10.00. The van der Waals surface area contributed by atoms with Gasteiger partial charge < -0.3 is 10.3 Å². The Kier molecular flexibility index (Phi) is 3.57. The van der Waals surface area contributed by atoms with Crippen LogP contribution in [0.4, 0.5) is 0 Å². The second kappa shape index (κ2) is 6.07. The minimum atomic E-state index is 0.490. The highest BCUT2D eigenvalue weighted by Crippen LogP contribution is 2.30. The predicted molar refractivity (Wildman–Crippen MR) is 102 cm³/mol. The van der Waals surface area contributed by atoms with Gasteiger partial charge in [0.25, 0.3) is 0 Å². The average Bonchev–Trinajstić information content (AvgIpc) is 3.41. The normalized spacial score (nSPS) is 17.2. The lowest BCUT2D eigenvalue weighted by molar-refractivity contribution is 0.648. The fourth-order valence-corrected chi connectivity index (χ4v) is 3.69. The Hall–Kier alpha value is -2.99. The maximum absolute atomic E-state index is 4.79. The van der Waals surface area contributed by atoms with Crippen molar-refractivity contribution >= 4 is 11.2 Å². The smallest absolute Gasteiger partial charge is 0.158 e. The molecule has 0 saturated carbocycles. The van der Waals surface area contributed by atoms with E-state index in [1.165, 1.54) is 18.4 Å². The third-order valence-electron chi connectivity index (χ3n) is 5.05. The summed E-state index contributed by atoms with van der Waals surface area (Å²) in [6.45, 7) is 1.11. The molecule has 1 fully saturated rings. The molecule has 0 bridgehead atoms. The third kappa shape index (κ3) is 2.59. The first-order chi connectivity index (χ1) is 12.8. The van der Waals surface area contributed by atoms with Crippen molar-refractivity contribution in [2.75, 3.05) is 6.54 Å². The van der Waals surface area contributed by atoms with Crippen molar-refractivity contribution < 1.29 is 0 Å². The molecular formula is C20H20N6. The topological polar surface area (TPSA) is 71.4 Å². The predicted octanol–water partition coefficient (Wildman–Crippen LogP) is 3.45. The van der Waals surface area contributed by atoms with E-state index in [0.29, 0.717) is 6.04 Å². The van der Waals surface area contributed by atoms with Gasteiger partial charge in [0.1, 0.15) is 11.3 Å². The molecule has 1 saturated heterocycles. The molecule has 1 aliphatic heterocycles. The van der Waals surface area contributed by atoms with Gasteiger partial charge in [-0.05, 0) is 36.6 Å². The number of nitrogens with one attached hydrogen (secondary N) is 2. The Labute approximate surface area is 151 Å². The molecule has 5 rings (SSSR count). The first-order valence-corrected chi connectivity index (χ1v) is 8.95. The number of H-pyrrole nitrogens is 1. The van der Waals surface area contributed by atoms with Crippen LogP contribution in [-0.4, -0.2) is 31.3 Å². The van der Waals surface area contributed by atoms with Gasteiger partial charge >= 0.3 is 0 Å². The Morgan fingerprint density at radius 2 is 2.00 bits per heavy atom. The van der Waals surface area contributed by atoms with Crippen LogP contribution in [0.15, 0.2) is 48.9 Å². The minimum Gasteiger partial charge on any atom is -0.323 e. The van der Waals surface area contributed by atoms with Crippen molar-refractivity contribution in [1.29, 1.82) is 0 Å². The summed E-state index contributed by atoms with van der Waals surface area (Å²) in [5.41, 5.74) is 6.24. The number of hydrogen-bond acceptors (Lipinski definition) is 4. The summed E-state index contributed by atoms with van der Waals surface area (Å²) in [6, 6.07) is 11.3. The second-order valence-electron chi connectivity index (χ2n) is 6.81. The summed E-state index contributed by atoms with van der Waals surface area (Å²) in [5, 5.41) is 7.77. The number of hydrogen-bond donors (Lipinski definition) is 2. The minimum absolute atomic E-state index is 0.490. The Morgan fingerprint density at radius 1 is 1.12 bits per heavy atom. The van der Waals surface area contributed by atoms with E-state index in [4.69, 9.17) is 4.98 Å². The number of imidazole rings is 1. The van der Waals surface area contributed by atoms with E-state index >= 15 is 0 Å². The highest BCUT2D eigenvalue weighted by molar-refractivity contribution is 5.91. The molecule has 0 radical (unpaired) electrons. The zero-order valence-electron chi connectivity index (χ0n) is 14.6. The van der Waals surface area contributed by atoms with Gasteiger partial charge in [0.2, 0.25) is 0 Å². The van der Waals surface area contributed by atoms with Crippen molar-refractivity contribution in [2.45, 2.75) is 18.9 Å². The van der Waals surface area contributed by atoms with E-state index < -0.39 is 0 Å². The Morgan fingerprint density at radius 3 is 2.73 bits per heavy atom. The monoisotopic (exact) mass is 344 g/mol. The summed E-state index contributed by atoms with van der Waals surface area (Å²) in [4.78, 5) is 12.5. The van der Waals surface area contributed by atoms with Gasteiger partial charge in [-0.15, -0.1) is 0 Å². The summed E-state index contributed by atoms with van der Waals surface area (Å²) < 4.78 is 1.77. The van der Waals surface area contributed by atoms with Gasteiger partial charge in [-0.25, -0.2) is 9.97 Å². The van der Waals surface area contributed by atoms with Crippen LogP contribution in [0.1, 0.15) is 24.4 Å². The Bertz CT molecular complexity index is 1050. The SMILES string of the molecule is Cn1cc(-c2nc3c(-c4ccc(C5CCCN5)cc4)ccnc3[nH]2)cn1. The molecule has 0 spiro atoms. The van der Waals surface area contributed by atoms with Crippen LogP contribution in [0.5, 0.6) is 0 Å². The molecule has 3 aromatic heterocycles. The van der Waals surface area contributed by atoms with Crippen molar-refractivity contribution in [3.8, 4) is 22.5 Å². The number of rotatable bonds is 3. The first-order valence-electron chi connectivity index (χ1n) is 8.95. The fraction of sp³-hybridized carbons (Fsp3) is 0.250. The van der Waals surface area contributed by atoms with E-state index in [-0.39, 0.29) is 0 Å². The standard InChI is InChI=1S/C20H20N6/c1-26-12-15(11-23-26)19-24-18-16(8-10-22-20(18)25-19)13-4-6-14(7-5-13)17-3-2-9-21-17/h4-8,10-12,17,21H,2-3,9H2,1H3,(H,22,24,25). The second-order valence-corrected chi connectivity index (χ2v) is 6.81. The first kappa shape index (κ1) is 15.3. The van der Waals surface area contributed by atoms with Gasteiger partial charge in [-0.3, -0.25) is 4.68 Å². The van der Waals surface area contributed by atoms with E-state index in [0.717, 1.165) is 40.2 Å². The summed E-state index contributed by atoms with van der Waals surface area (Å²) in [6.07, 6.45) is 8.05. The van der Waals surface area contributed by atoms with Crippen LogP contribution in [0, 0.1) is 0 Å². The lowest BCUT2D eigenvalue weighted by Gasteiger charge is -2.11. The molecule has 1 aromatic carbocycles. The maximum Gasteiger partial charge on any atom is 0.158 e. The number of aryl methyl sites for hydroxylation is 1. The van der Waals surface area contributed by atoms with Crippen molar-refractivity contribution in [2.24, 2.45) is 7.05 Å². The van der Waals surface area contributed by atoms with Crippen molar-refractivity contribution in [1.82, 2.24) is 30.0 Å². The third-order valence-corrected chi connectivity index (χ3v) is 5.05. The highest BCUT2D eigenvalue weighted by atomic mass is 15.2. The molecular weight excluding hydrogens is 324 g/mol. The van der Waals surface area contributed by atoms with Crippen LogP contribution in [-0.2, 0) is 7.05 Å². The molecule has 130 valence electrons. The number of aromatic amines is 1. The molecule has 0 aliphatic carbocycles. The molecule has 4 heterocycles. The van der Waals surface area contributed by atoms with Gasteiger partial charge in [0.05, 0.1) is 11.8 Å². The number of pyridine rings is 1. The lowest BCUT2D eigenvalue weighted by Crippen LogP contribution is -2.12. The van der Waals surface area contributed by atoms with Crippen LogP contribution in [0.2, 0.25) is 0 Å². The summed E-state index contributed by atoms with van der Waals surface area (Å²) >= 11 is 0. The van der Waals surface area contributed by atoms with Crippen molar-refractivity contribution in [3.63, 3.8) is 0 Å². The average molecular weight is 344 g/mol. The van der Waals surface area contributed by atoms with Crippen LogP contribution in [0.25, 0.3) is 33.7 Å². The number of nitrogens with zero attached hydrogens (tertiary/aromatic N) is 4. The van der Waals surface area contributed by atoms with Gasteiger partial charge in [0.15, 0.2) is 5.65 Å². The molecule has 1 unspecified atom stereocenters. The largest absolute Gasteiger partial charge is 0.323 e. The number of fused-ring (bicyclic) bond motifs is 1. The molecule has 2 N–H and O–H groups in total. The molecule has 26 heavy (non-hydrogen) atoms. The molecule has 0 amide bonds. The summed E-state index contributed by atoms with van der Waals surface area (Å²) in [5.74, 6) is 0.792. The Balaban J connectivity index is 1.55. The summed E-state index contributed by atoms with van der Waals surface area (Å²) in [7, 11) is 1.90. The van der Waals surface area contributed by atoms with E-state index in [2.05, 4.69) is 44.6 Å². The van der Waals surface area contributed by atoms with Crippen molar-refractivity contribution in [3.05, 3.63) is 54.5 Å². The van der Waals surface area contributed by atoms with Crippen LogP contribution < -0.4 is 5.32 Å². The molecule has 1 atom stereocenters. The number of aromatic nitrogens is 5. The van der Waals surface area contributed by atoms with Gasteiger partial charge in [-0.2, -0.15) is 5.10 Å². The van der Waals surface area contributed by atoms with Gasteiger partial charge in [0, 0.05) is 31.0 Å². The zero-order valence-corrected chi connectivity index (χ0v) is 14.6. The highest BCUT2D eigenvalue weighted by Gasteiger charge is 2.17. The quantitative estimate of drug-likeness (QED) is 0.597. The fourth-order valence-electron chi connectivity index (χ4n) is 3.69. The van der Waals surface area contributed by atoms with E-state index in [1.54, 1.807) is 10.9 Å². The van der Waals surface area contributed by atoms with E-state index in [1.807, 2.05) is 25.5 Å². The molecule has 1 aliphatic rings. The molecule has 6 heteroatoms. The zero-order chi connectivity index (χ0) is 17.5. The molecule has 4 aromatic rings. The van der Waals surface area contributed by atoms with Crippen LogP contribution >= 0.6 is 0 Å².